The Morgan fingerprint density at radius 1 is 0.833 bits per heavy atom. The molecule has 5 aromatic rings. The maximum atomic E-state index is 5.87. The van der Waals surface area contributed by atoms with Crippen molar-refractivity contribution in [2.75, 3.05) is 6.61 Å². The van der Waals surface area contributed by atoms with Gasteiger partial charge in [0.15, 0.2) is 5.82 Å². The first-order chi connectivity index (χ1) is 14.8. The smallest absolute Gasteiger partial charge is 0.279 e. The standard InChI is InChI=1S/C22H17N5O2S/c1-2-6-16(7-3-1)21-24-25-26-27(21)14-15-28-17-10-12-18(13-11-17)29-22-23-19-8-4-5-9-20(19)30-22/h1-13H,14-15H2. The fourth-order valence-corrected chi connectivity index (χ4v) is 3.83. The van der Waals surface area contributed by atoms with Crippen LogP contribution < -0.4 is 9.47 Å². The fraction of sp³-hybridized carbons (Fsp3) is 0.0909. The van der Waals surface area contributed by atoms with E-state index in [0.29, 0.717) is 24.1 Å². The van der Waals surface area contributed by atoms with E-state index < -0.39 is 0 Å². The maximum Gasteiger partial charge on any atom is 0.279 e. The molecular formula is C22H17N5O2S. The molecule has 0 saturated carbocycles. The molecule has 5 rings (SSSR count). The number of hydrogen-bond donors (Lipinski definition) is 0. The van der Waals surface area contributed by atoms with Crippen LogP contribution in [0, 0.1) is 0 Å². The Morgan fingerprint density at radius 2 is 1.60 bits per heavy atom. The van der Waals surface area contributed by atoms with Gasteiger partial charge in [-0.15, -0.1) is 5.10 Å². The predicted octanol–water partition coefficient (Wildman–Crippen LogP) is 4.82. The summed E-state index contributed by atoms with van der Waals surface area (Å²) in [4.78, 5) is 4.49. The Labute approximate surface area is 176 Å². The summed E-state index contributed by atoms with van der Waals surface area (Å²) in [6, 6.07) is 25.3. The number of tetrazole rings is 1. The predicted molar refractivity (Wildman–Crippen MR) is 115 cm³/mol. The van der Waals surface area contributed by atoms with Crippen molar-refractivity contribution in [2.24, 2.45) is 0 Å². The van der Waals surface area contributed by atoms with Crippen molar-refractivity contribution in [3.8, 4) is 28.1 Å². The van der Waals surface area contributed by atoms with E-state index in [-0.39, 0.29) is 0 Å². The topological polar surface area (TPSA) is 75.0 Å². The second-order valence-electron chi connectivity index (χ2n) is 6.46. The molecule has 0 N–H and O–H groups in total. The van der Waals surface area contributed by atoms with E-state index in [0.717, 1.165) is 27.4 Å². The van der Waals surface area contributed by atoms with Gasteiger partial charge in [0.1, 0.15) is 18.1 Å². The normalized spacial score (nSPS) is 10.9. The Balaban J connectivity index is 1.19. The molecule has 0 unspecified atom stereocenters. The third kappa shape index (κ3) is 3.99. The van der Waals surface area contributed by atoms with Crippen LogP contribution in [-0.2, 0) is 6.54 Å². The van der Waals surface area contributed by atoms with Crippen LogP contribution in [0.1, 0.15) is 0 Å². The summed E-state index contributed by atoms with van der Waals surface area (Å²) in [5.74, 6) is 2.19. The third-order valence-corrected chi connectivity index (χ3v) is 5.35. The lowest BCUT2D eigenvalue weighted by atomic mass is 10.2. The van der Waals surface area contributed by atoms with E-state index in [1.54, 1.807) is 4.68 Å². The quantitative estimate of drug-likeness (QED) is 0.379. The Kier molecular flexibility index (Phi) is 5.05. The molecule has 0 spiro atoms. The largest absolute Gasteiger partial charge is 0.492 e. The van der Waals surface area contributed by atoms with Crippen LogP contribution in [0.4, 0.5) is 0 Å². The number of aromatic nitrogens is 5. The van der Waals surface area contributed by atoms with E-state index in [9.17, 15) is 0 Å². The molecule has 0 fully saturated rings. The maximum absolute atomic E-state index is 5.87. The molecule has 0 atom stereocenters. The van der Waals surface area contributed by atoms with Crippen LogP contribution in [-0.4, -0.2) is 31.8 Å². The number of benzene rings is 3. The number of thiazole rings is 1. The van der Waals surface area contributed by atoms with Crippen LogP contribution in [0.3, 0.4) is 0 Å². The van der Waals surface area contributed by atoms with E-state index >= 15 is 0 Å². The van der Waals surface area contributed by atoms with Gasteiger partial charge in [-0.25, -0.2) is 9.67 Å². The SMILES string of the molecule is c1ccc(-c2nnnn2CCOc2ccc(Oc3nc4ccccc4s3)cc2)cc1. The van der Waals surface area contributed by atoms with Crippen molar-refractivity contribution in [3.05, 3.63) is 78.9 Å². The van der Waals surface area contributed by atoms with Crippen LogP contribution >= 0.6 is 11.3 Å². The molecule has 0 aliphatic heterocycles. The van der Waals surface area contributed by atoms with Gasteiger partial charge in [0.25, 0.3) is 5.19 Å². The van der Waals surface area contributed by atoms with E-state index in [1.807, 2.05) is 78.9 Å². The lowest BCUT2D eigenvalue weighted by Gasteiger charge is -2.08. The number of nitrogens with zero attached hydrogens (tertiary/aromatic N) is 5. The van der Waals surface area contributed by atoms with Gasteiger partial charge >= 0.3 is 0 Å². The molecular weight excluding hydrogens is 398 g/mol. The minimum Gasteiger partial charge on any atom is -0.492 e. The second kappa shape index (κ2) is 8.30. The molecule has 0 bridgehead atoms. The number of ether oxygens (including phenoxy) is 2. The zero-order valence-corrected chi connectivity index (χ0v) is 16.7. The van der Waals surface area contributed by atoms with Gasteiger partial charge in [0.2, 0.25) is 0 Å². The average molecular weight is 415 g/mol. The van der Waals surface area contributed by atoms with Crippen molar-refractivity contribution < 1.29 is 9.47 Å². The summed E-state index contributed by atoms with van der Waals surface area (Å²) in [6.07, 6.45) is 0. The summed E-state index contributed by atoms with van der Waals surface area (Å²) in [5, 5.41) is 12.6. The van der Waals surface area contributed by atoms with Gasteiger partial charge in [-0.3, -0.25) is 0 Å². The number of hydrogen-bond acceptors (Lipinski definition) is 7. The molecule has 2 heterocycles. The molecule has 7 nitrogen and oxygen atoms in total. The number of fused-ring (bicyclic) bond motifs is 1. The highest BCUT2D eigenvalue weighted by atomic mass is 32.1. The molecule has 0 saturated heterocycles. The molecule has 0 aliphatic carbocycles. The van der Waals surface area contributed by atoms with Crippen molar-refractivity contribution in [2.45, 2.75) is 6.54 Å². The van der Waals surface area contributed by atoms with Crippen molar-refractivity contribution in [1.82, 2.24) is 25.2 Å². The van der Waals surface area contributed by atoms with Crippen LogP contribution in [0.25, 0.3) is 21.6 Å². The minimum absolute atomic E-state index is 0.447. The van der Waals surface area contributed by atoms with Gasteiger partial charge in [-0.2, -0.15) is 0 Å². The van der Waals surface area contributed by atoms with Gasteiger partial charge in [-0.05, 0) is 46.8 Å². The Bertz CT molecular complexity index is 1220. The highest BCUT2D eigenvalue weighted by Gasteiger charge is 2.09. The summed E-state index contributed by atoms with van der Waals surface area (Å²) < 4.78 is 14.5. The van der Waals surface area contributed by atoms with Crippen LogP contribution in [0.5, 0.6) is 16.7 Å². The summed E-state index contributed by atoms with van der Waals surface area (Å²) >= 11 is 1.52. The zero-order chi connectivity index (χ0) is 20.2. The zero-order valence-electron chi connectivity index (χ0n) is 15.9. The minimum atomic E-state index is 0.447. The Morgan fingerprint density at radius 3 is 2.43 bits per heavy atom. The van der Waals surface area contributed by atoms with Gasteiger partial charge in [0.05, 0.1) is 16.8 Å². The van der Waals surface area contributed by atoms with E-state index in [1.165, 1.54) is 11.3 Å². The van der Waals surface area contributed by atoms with E-state index in [2.05, 4.69) is 20.5 Å². The van der Waals surface area contributed by atoms with Crippen molar-refractivity contribution >= 4 is 21.6 Å². The molecule has 148 valence electrons. The Hall–Kier alpha value is -3.78. The lowest BCUT2D eigenvalue weighted by Crippen LogP contribution is -2.11. The molecule has 0 radical (unpaired) electrons. The molecule has 30 heavy (non-hydrogen) atoms. The first-order valence-corrected chi connectivity index (χ1v) is 10.2. The third-order valence-electron chi connectivity index (χ3n) is 4.44. The first kappa shape index (κ1) is 18.3. The fourth-order valence-electron chi connectivity index (χ4n) is 3.00. The molecule has 2 aromatic heterocycles. The molecule has 0 aliphatic rings. The molecule has 3 aromatic carbocycles. The summed E-state index contributed by atoms with van der Waals surface area (Å²) in [7, 11) is 0. The van der Waals surface area contributed by atoms with E-state index in [4.69, 9.17) is 9.47 Å². The van der Waals surface area contributed by atoms with Crippen LogP contribution in [0.2, 0.25) is 0 Å². The highest BCUT2D eigenvalue weighted by Crippen LogP contribution is 2.31. The van der Waals surface area contributed by atoms with Crippen molar-refractivity contribution in [3.63, 3.8) is 0 Å². The van der Waals surface area contributed by atoms with Gasteiger partial charge < -0.3 is 9.47 Å². The van der Waals surface area contributed by atoms with Gasteiger partial charge in [-0.1, -0.05) is 53.8 Å². The monoisotopic (exact) mass is 415 g/mol. The average Bonchev–Trinajstić information content (AvgIpc) is 3.42. The number of para-hydroxylation sites is 1. The highest BCUT2D eigenvalue weighted by molar-refractivity contribution is 7.20. The van der Waals surface area contributed by atoms with Crippen LogP contribution in [0.15, 0.2) is 78.9 Å². The summed E-state index contributed by atoms with van der Waals surface area (Å²) in [5.41, 5.74) is 1.91. The molecule has 8 heteroatoms. The van der Waals surface area contributed by atoms with Gasteiger partial charge in [0, 0.05) is 5.56 Å². The molecule has 0 amide bonds. The lowest BCUT2D eigenvalue weighted by molar-refractivity contribution is 0.290. The second-order valence-corrected chi connectivity index (χ2v) is 7.45. The van der Waals surface area contributed by atoms with Crippen molar-refractivity contribution in [1.29, 1.82) is 0 Å². The first-order valence-electron chi connectivity index (χ1n) is 9.43. The number of rotatable bonds is 7. The summed E-state index contributed by atoms with van der Waals surface area (Å²) in [6.45, 7) is 0.990.